The number of rotatable bonds is 6. The van der Waals surface area contributed by atoms with Crippen molar-refractivity contribution in [3.8, 4) is 17.3 Å². The van der Waals surface area contributed by atoms with Crippen molar-refractivity contribution >= 4 is 17.0 Å². The zero-order valence-electron chi connectivity index (χ0n) is 17.1. The average Bonchev–Trinajstić information content (AvgIpc) is 3.19. The molecule has 0 saturated heterocycles. The van der Waals surface area contributed by atoms with E-state index >= 15 is 0 Å². The minimum Gasteiger partial charge on any atom is -0.335 e. The molecule has 4 aromatic rings. The second kappa shape index (κ2) is 8.64. The molecule has 4 rings (SSSR count). The summed E-state index contributed by atoms with van der Waals surface area (Å²) in [5.74, 6) is -0.167. The molecular formula is C25H20N4O2. The number of pyridine rings is 1. The van der Waals surface area contributed by atoms with Gasteiger partial charge in [0, 0.05) is 18.7 Å². The fourth-order valence-electron chi connectivity index (χ4n) is 3.47. The zero-order chi connectivity index (χ0) is 21.8. The van der Waals surface area contributed by atoms with Crippen molar-refractivity contribution in [2.24, 2.45) is 0 Å². The molecule has 2 aromatic heterocycles. The number of hydrogen-bond acceptors (Lipinski definition) is 5. The van der Waals surface area contributed by atoms with E-state index in [4.69, 9.17) is 9.78 Å². The zero-order valence-corrected chi connectivity index (χ0v) is 17.1. The van der Waals surface area contributed by atoms with Crippen LogP contribution >= 0.6 is 0 Å². The molecule has 6 heteroatoms. The van der Waals surface area contributed by atoms with Crippen LogP contribution in [0.2, 0.25) is 0 Å². The number of fused-ring (bicyclic) bond motifs is 1. The van der Waals surface area contributed by atoms with Gasteiger partial charge in [-0.05, 0) is 30.7 Å². The number of amides is 1. The maximum Gasteiger partial charge on any atom is 0.259 e. The average molecular weight is 408 g/mol. The van der Waals surface area contributed by atoms with Gasteiger partial charge >= 0.3 is 0 Å². The standard InChI is InChI=1S/C25H20N4O2/c1-3-13-29(16-19-11-9-18(15-26)10-12-19)25(30)21-14-22(20-7-5-4-6-8-20)27-24-23(21)17(2)28-31-24/h3-12,14H,1,13,16H2,2H3. The number of nitrogens with zero attached hydrogens (tertiary/aromatic N) is 4. The van der Waals surface area contributed by atoms with Crippen LogP contribution in [0.5, 0.6) is 0 Å². The number of carbonyl (C=O) groups is 1. The molecule has 31 heavy (non-hydrogen) atoms. The topological polar surface area (TPSA) is 83.0 Å². The Kier molecular flexibility index (Phi) is 5.59. The number of carbonyl (C=O) groups excluding carboxylic acids is 1. The number of hydrogen-bond donors (Lipinski definition) is 0. The summed E-state index contributed by atoms with van der Waals surface area (Å²) < 4.78 is 5.40. The fourth-order valence-corrected chi connectivity index (χ4v) is 3.47. The minimum absolute atomic E-state index is 0.167. The molecule has 0 radical (unpaired) electrons. The second-order valence-corrected chi connectivity index (χ2v) is 7.15. The predicted molar refractivity (Wildman–Crippen MR) is 118 cm³/mol. The molecule has 2 heterocycles. The van der Waals surface area contributed by atoms with Gasteiger partial charge in [0.1, 0.15) is 0 Å². The lowest BCUT2D eigenvalue weighted by Gasteiger charge is -2.22. The molecule has 0 bridgehead atoms. The van der Waals surface area contributed by atoms with E-state index < -0.39 is 0 Å². The van der Waals surface area contributed by atoms with Crippen LogP contribution < -0.4 is 0 Å². The SMILES string of the molecule is C=CCN(Cc1ccc(C#N)cc1)C(=O)c1cc(-c2ccccc2)nc2onc(C)c12. The molecular weight excluding hydrogens is 388 g/mol. The van der Waals surface area contributed by atoms with E-state index in [2.05, 4.69) is 22.8 Å². The lowest BCUT2D eigenvalue weighted by Crippen LogP contribution is -2.31. The van der Waals surface area contributed by atoms with Gasteiger partial charge in [-0.15, -0.1) is 6.58 Å². The van der Waals surface area contributed by atoms with Crippen molar-refractivity contribution in [3.63, 3.8) is 0 Å². The first-order valence-corrected chi connectivity index (χ1v) is 9.82. The van der Waals surface area contributed by atoms with E-state index in [0.717, 1.165) is 11.1 Å². The summed E-state index contributed by atoms with van der Waals surface area (Å²) in [4.78, 5) is 19.9. The van der Waals surface area contributed by atoms with Crippen molar-refractivity contribution in [3.05, 3.63) is 95.7 Å². The Bertz CT molecular complexity index is 1290. The van der Waals surface area contributed by atoms with Gasteiger partial charge in [0.05, 0.1) is 34.0 Å². The van der Waals surface area contributed by atoms with Gasteiger partial charge in [-0.1, -0.05) is 53.7 Å². The van der Waals surface area contributed by atoms with E-state index in [-0.39, 0.29) is 5.91 Å². The third-order valence-electron chi connectivity index (χ3n) is 5.01. The van der Waals surface area contributed by atoms with Gasteiger partial charge in [0.25, 0.3) is 11.6 Å². The monoisotopic (exact) mass is 408 g/mol. The van der Waals surface area contributed by atoms with Crippen molar-refractivity contribution in [1.82, 2.24) is 15.0 Å². The smallest absolute Gasteiger partial charge is 0.259 e. The molecule has 0 spiro atoms. The lowest BCUT2D eigenvalue weighted by atomic mass is 10.0. The summed E-state index contributed by atoms with van der Waals surface area (Å²) in [5, 5.41) is 13.6. The van der Waals surface area contributed by atoms with Crippen LogP contribution in [0.25, 0.3) is 22.4 Å². The van der Waals surface area contributed by atoms with E-state index in [0.29, 0.717) is 46.7 Å². The summed E-state index contributed by atoms with van der Waals surface area (Å²) in [6.07, 6.45) is 1.69. The van der Waals surface area contributed by atoms with E-state index in [9.17, 15) is 4.79 Å². The molecule has 6 nitrogen and oxygen atoms in total. The van der Waals surface area contributed by atoms with Gasteiger partial charge in [-0.3, -0.25) is 4.79 Å². The lowest BCUT2D eigenvalue weighted by molar-refractivity contribution is 0.0764. The molecule has 0 unspecified atom stereocenters. The Labute approximate surface area is 180 Å². The van der Waals surface area contributed by atoms with Gasteiger partial charge in [0.2, 0.25) is 0 Å². The third-order valence-corrected chi connectivity index (χ3v) is 5.01. The third kappa shape index (κ3) is 4.07. The van der Waals surface area contributed by atoms with Gasteiger partial charge in [-0.2, -0.15) is 5.26 Å². The first kappa shape index (κ1) is 20.0. The number of benzene rings is 2. The summed E-state index contributed by atoms with van der Waals surface area (Å²) in [7, 11) is 0. The molecule has 1 amide bonds. The highest BCUT2D eigenvalue weighted by atomic mass is 16.5. The summed E-state index contributed by atoms with van der Waals surface area (Å²) in [5.41, 5.74) is 4.46. The number of aromatic nitrogens is 2. The summed E-state index contributed by atoms with van der Waals surface area (Å²) in [6, 6.07) is 20.7. The molecule has 2 aromatic carbocycles. The minimum atomic E-state index is -0.167. The Hall–Kier alpha value is -4.24. The highest BCUT2D eigenvalue weighted by Gasteiger charge is 2.23. The van der Waals surface area contributed by atoms with E-state index in [1.807, 2.05) is 42.5 Å². The fraction of sp³-hybridized carbons (Fsp3) is 0.120. The maximum atomic E-state index is 13.6. The summed E-state index contributed by atoms with van der Waals surface area (Å²) >= 11 is 0. The van der Waals surface area contributed by atoms with Crippen LogP contribution in [0.4, 0.5) is 0 Å². The Morgan fingerprint density at radius 1 is 1.19 bits per heavy atom. The molecule has 0 N–H and O–H groups in total. The molecule has 0 aliphatic heterocycles. The van der Waals surface area contributed by atoms with Crippen LogP contribution in [0, 0.1) is 18.3 Å². The van der Waals surface area contributed by atoms with Crippen LogP contribution in [-0.2, 0) is 6.54 Å². The van der Waals surface area contributed by atoms with E-state index in [1.54, 1.807) is 36.1 Å². The molecule has 0 saturated carbocycles. The van der Waals surface area contributed by atoms with Gasteiger partial charge in [-0.25, -0.2) is 4.98 Å². The van der Waals surface area contributed by atoms with Crippen molar-refractivity contribution < 1.29 is 9.32 Å². The van der Waals surface area contributed by atoms with Crippen LogP contribution in [0.1, 0.15) is 27.2 Å². The van der Waals surface area contributed by atoms with Crippen LogP contribution in [0.15, 0.2) is 77.8 Å². The maximum absolute atomic E-state index is 13.6. The summed E-state index contributed by atoms with van der Waals surface area (Å²) in [6.45, 7) is 6.35. The first-order valence-electron chi connectivity index (χ1n) is 9.82. The van der Waals surface area contributed by atoms with Crippen LogP contribution in [-0.4, -0.2) is 27.5 Å². The van der Waals surface area contributed by atoms with E-state index in [1.165, 1.54) is 0 Å². The van der Waals surface area contributed by atoms with Crippen molar-refractivity contribution in [2.75, 3.05) is 6.54 Å². The largest absolute Gasteiger partial charge is 0.335 e. The number of nitriles is 1. The normalized spacial score (nSPS) is 10.6. The van der Waals surface area contributed by atoms with Crippen molar-refractivity contribution in [1.29, 1.82) is 5.26 Å². The van der Waals surface area contributed by atoms with Crippen LogP contribution in [0.3, 0.4) is 0 Å². The first-order chi connectivity index (χ1) is 15.1. The van der Waals surface area contributed by atoms with Gasteiger partial charge in [0.15, 0.2) is 0 Å². The Morgan fingerprint density at radius 2 is 1.94 bits per heavy atom. The predicted octanol–water partition coefficient (Wildman–Crippen LogP) is 4.90. The quantitative estimate of drug-likeness (QED) is 0.424. The Balaban J connectivity index is 1.77. The van der Waals surface area contributed by atoms with Crippen molar-refractivity contribution in [2.45, 2.75) is 13.5 Å². The number of aryl methyl sites for hydroxylation is 1. The molecule has 0 fully saturated rings. The molecule has 152 valence electrons. The molecule has 0 atom stereocenters. The molecule has 0 aliphatic rings. The highest BCUT2D eigenvalue weighted by molar-refractivity contribution is 6.07. The molecule has 0 aliphatic carbocycles. The Morgan fingerprint density at radius 3 is 2.61 bits per heavy atom. The van der Waals surface area contributed by atoms with Gasteiger partial charge < -0.3 is 9.42 Å². The second-order valence-electron chi connectivity index (χ2n) is 7.15. The highest BCUT2D eigenvalue weighted by Crippen LogP contribution is 2.28.